The molecular formula is C9H11F3N2. The minimum atomic E-state index is -4.41. The topological polar surface area (TPSA) is 17.8 Å². The highest BCUT2D eigenvalue weighted by molar-refractivity contribution is 5.49. The first-order valence-electron chi connectivity index (χ1n) is 4.15. The number of halogens is 3. The van der Waals surface area contributed by atoms with Crippen molar-refractivity contribution < 1.29 is 13.2 Å². The van der Waals surface area contributed by atoms with Crippen LogP contribution in [-0.4, -0.2) is 9.78 Å². The van der Waals surface area contributed by atoms with E-state index in [1.165, 1.54) is 10.9 Å². The van der Waals surface area contributed by atoms with Crippen LogP contribution in [0.15, 0.2) is 12.8 Å². The van der Waals surface area contributed by atoms with E-state index < -0.39 is 11.9 Å². The highest BCUT2D eigenvalue weighted by Crippen LogP contribution is 2.31. The lowest BCUT2D eigenvalue weighted by molar-refractivity contribution is -0.141. The molecule has 1 rings (SSSR count). The SMILES string of the molecule is C=Cc1cn(C(C)C)nc1C(F)(F)F. The molecule has 0 amide bonds. The van der Waals surface area contributed by atoms with Crippen LogP contribution in [0.25, 0.3) is 6.08 Å². The minimum Gasteiger partial charge on any atom is -0.269 e. The molecule has 14 heavy (non-hydrogen) atoms. The van der Waals surface area contributed by atoms with E-state index >= 15 is 0 Å². The predicted octanol–water partition coefficient (Wildman–Crippen LogP) is 3.13. The summed E-state index contributed by atoms with van der Waals surface area (Å²) in [7, 11) is 0. The molecule has 2 nitrogen and oxygen atoms in total. The molecule has 0 spiro atoms. The van der Waals surface area contributed by atoms with Gasteiger partial charge in [-0.3, -0.25) is 4.68 Å². The van der Waals surface area contributed by atoms with Crippen LogP contribution in [0.2, 0.25) is 0 Å². The van der Waals surface area contributed by atoms with E-state index in [1.807, 2.05) is 0 Å². The molecule has 1 aromatic rings. The van der Waals surface area contributed by atoms with Crippen molar-refractivity contribution in [1.29, 1.82) is 0 Å². The van der Waals surface area contributed by atoms with E-state index in [-0.39, 0.29) is 11.6 Å². The molecule has 5 heteroatoms. The first-order chi connectivity index (χ1) is 6.36. The van der Waals surface area contributed by atoms with Gasteiger partial charge in [-0.15, -0.1) is 0 Å². The highest BCUT2D eigenvalue weighted by Gasteiger charge is 2.36. The van der Waals surface area contributed by atoms with Crippen molar-refractivity contribution in [3.63, 3.8) is 0 Å². The maximum Gasteiger partial charge on any atom is 0.435 e. The van der Waals surface area contributed by atoms with Crippen molar-refractivity contribution >= 4 is 6.08 Å². The molecule has 0 atom stereocenters. The molecule has 0 bridgehead atoms. The van der Waals surface area contributed by atoms with E-state index in [9.17, 15) is 13.2 Å². The summed E-state index contributed by atoms with van der Waals surface area (Å²) in [6.07, 6.45) is -1.90. The standard InChI is InChI=1S/C9H11F3N2/c1-4-7-5-14(6(2)3)13-8(7)9(10,11)12/h4-6H,1H2,2-3H3. The second-order valence-electron chi connectivity index (χ2n) is 3.21. The van der Waals surface area contributed by atoms with Crippen LogP contribution in [-0.2, 0) is 6.18 Å². The number of alkyl halides is 3. The van der Waals surface area contributed by atoms with Crippen LogP contribution in [0.4, 0.5) is 13.2 Å². The molecule has 78 valence electrons. The lowest BCUT2D eigenvalue weighted by atomic mass is 10.2. The van der Waals surface area contributed by atoms with E-state index in [2.05, 4.69) is 11.7 Å². The maximum atomic E-state index is 12.4. The third-order valence-electron chi connectivity index (χ3n) is 1.78. The fourth-order valence-corrected chi connectivity index (χ4v) is 1.04. The molecule has 0 saturated heterocycles. The molecule has 0 aliphatic heterocycles. The zero-order valence-corrected chi connectivity index (χ0v) is 7.97. The van der Waals surface area contributed by atoms with Crippen molar-refractivity contribution in [3.8, 4) is 0 Å². The van der Waals surface area contributed by atoms with Gasteiger partial charge in [0.2, 0.25) is 0 Å². The van der Waals surface area contributed by atoms with Gasteiger partial charge in [-0.25, -0.2) is 0 Å². The summed E-state index contributed by atoms with van der Waals surface area (Å²) in [6, 6.07) is -0.0928. The second-order valence-corrected chi connectivity index (χ2v) is 3.21. The Morgan fingerprint density at radius 3 is 2.36 bits per heavy atom. The van der Waals surface area contributed by atoms with Crippen molar-refractivity contribution in [3.05, 3.63) is 24.0 Å². The molecule has 0 radical (unpaired) electrons. The number of rotatable bonds is 2. The van der Waals surface area contributed by atoms with Crippen molar-refractivity contribution in [2.75, 3.05) is 0 Å². The number of nitrogens with zero attached hydrogens (tertiary/aromatic N) is 2. The highest BCUT2D eigenvalue weighted by atomic mass is 19.4. The Morgan fingerprint density at radius 2 is 2.07 bits per heavy atom. The summed E-state index contributed by atoms with van der Waals surface area (Å²) < 4.78 is 38.4. The molecule has 0 N–H and O–H groups in total. The van der Waals surface area contributed by atoms with Gasteiger partial charge in [0, 0.05) is 17.8 Å². The molecule has 1 aromatic heterocycles. The molecule has 1 heterocycles. The molecule has 0 saturated carbocycles. The Labute approximate surface area is 80.0 Å². The average Bonchev–Trinajstić information content (AvgIpc) is 2.46. The monoisotopic (exact) mass is 204 g/mol. The molecule has 0 fully saturated rings. The van der Waals surface area contributed by atoms with Gasteiger partial charge < -0.3 is 0 Å². The average molecular weight is 204 g/mol. The van der Waals surface area contributed by atoms with Gasteiger partial charge in [0.1, 0.15) is 0 Å². The van der Waals surface area contributed by atoms with Crippen LogP contribution in [0.3, 0.4) is 0 Å². The lowest BCUT2D eigenvalue weighted by Crippen LogP contribution is -2.09. The van der Waals surface area contributed by atoms with Crippen LogP contribution in [0.5, 0.6) is 0 Å². The fraction of sp³-hybridized carbons (Fsp3) is 0.444. The number of aromatic nitrogens is 2. The molecule has 0 aromatic carbocycles. The van der Waals surface area contributed by atoms with Gasteiger partial charge in [-0.1, -0.05) is 12.7 Å². The van der Waals surface area contributed by atoms with Gasteiger partial charge in [-0.2, -0.15) is 18.3 Å². The molecule has 0 unspecified atom stereocenters. The Morgan fingerprint density at radius 1 is 1.50 bits per heavy atom. The van der Waals surface area contributed by atoms with Crippen molar-refractivity contribution in [2.24, 2.45) is 0 Å². The Bertz CT molecular complexity index is 336. The van der Waals surface area contributed by atoms with E-state index in [1.54, 1.807) is 13.8 Å². The molecular weight excluding hydrogens is 193 g/mol. The summed E-state index contributed by atoms with van der Waals surface area (Å²) in [6.45, 7) is 6.85. The van der Waals surface area contributed by atoms with E-state index in [4.69, 9.17) is 0 Å². The summed E-state index contributed by atoms with van der Waals surface area (Å²) in [5, 5.41) is 3.47. The Balaban J connectivity index is 3.22. The van der Waals surface area contributed by atoms with E-state index in [0.717, 1.165) is 6.08 Å². The Hall–Kier alpha value is -1.26. The molecule has 0 aliphatic rings. The quantitative estimate of drug-likeness (QED) is 0.723. The fourth-order valence-electron chi connectivity index (χ4n) is 1.04. The van der Waals surface area contributed by atoms with Crippen molar-refractivity contribution in [1.82, 2.24) is 9.78 Å². The van der Waals surface area contributed by atoms with Gasteiger partial charge in [0.25, 0.3) is 0 Å². The van der Waals surface area contributed by atoms with Gasteiger partial charge >= 0.3 is 6.18 Å². The van der Waals surface area contributed by atoms with Gasteiger partial charge in [-0.05, 0) is 13.8 Å². The largest absolute Gasteiger partial charge is 0.435 e. The zero-order valence-electron chi connectivity index (χ0n) is 7.97. The zero-order chi connectivity index (χ0) is 10.9. The molecule has 0 aliphatic carbocycles. The summed E-state index contributed by atoms with van der Waals surface area (Å²) in [4.78, 5) is 0. The minimum absolute atomic E-state index is 0.0196. The van der Waals surface area contributed by atoms with Gasteiger partial charge in [0.15, 0.2) is 5.69 Å². The van der Waals surface area contributed by atoms with E-state index in [0.29, 0.717) is 0 Å². The number of hydrogen-bond acceptors (Lipinski definition) is 1. The predicted molar refractivity (Wildman–Crippen MR) is 47.7 cm³/mol. The third-order valence-corrected chi connectivity index (χ3v) is 1.78. The van der Waals surface area contributed by atoms with Crippen molar-refractivity contribution in [2.45, 2.75) is 26.1 Å². The number of hydrogen-bond donors (Lipinski definition) is 0. The smallest absolute Gasteiger partial charge is 0.269 e. The van der Waals surface area contributed by atoms with Gasteiger partial charge in [0.05, 0.1) is 0 Å². The van der Waals surface area contributed by atoms with Crippen LogP contribution < -0.4 is 0 Å². The normalized spacial score (nSPS) is 12.1. The van der Waals surface area contributed by atoms with Crippen LogP contribution in [0.1, 0.15) is 31.1 Å². The lowest BCUT2D eigenvalue weighted by Gasteiger charge is -2.05. The van der Waals surface area contributed by atoms with Crippen LogP contribution in [0, 0.1) is 0 Å². The summed E-state index contributed by atoms with van der Waals surface area (Å²) in [5.74, 6) is 0. The summed E-state index contributed by atoms with van der Waals surface area (Å²) >= 11 is 0. The summed E-state index contributed by atoms with van der Waals surface area (Å²) in [5.41, 5.74) is -0.854. The Kier molecular flexibility index (Phi) is 2.69. The second kappa shape index (κ2) is 3.48. The first-order valence-corrected chi connectivity index (χ1v) is 4.15. The third kappa shape index (κ3) is 1.97. The maximum absolute atomic E-state index is 12.4. The van der Waals surface area contributed by atoms with Crippen LogP contribution >= 0.6 is 0 Å². The first kappa shape index (κ1) is 10.8.